The standard InChI is InChI=1S/C21H22N4O2/c1-27-16-5-6-19-17(10-16)20(7-8-22-19)24-11-14(12-24)13-25-21(26)9-15-3-2-4-18(15)23-25/h5-10,14H,2-4,11-13H2,1H3. The van der Waals surface area contributed by atoms with Gasteiger partial charge in [0.15, 0.2) is 0 Å². The number of pyridine rings is 1. The van der Waals surface area contributed by atoms with Crippen LogP contribution in [-0.2, 0) is 19.4 Å². The molecule has 1 fully saturated rings. The van der Waals surface area contributed by atoms with Crippen molar-refractivity contribution in [1.82, 2.24) is 14.8 Å². The van der Waals surface area contributed by atoms with Gasteiger partial charge >= 0.3 is 0 Å². The summed E-state index contributed by atoms with van der Waals surface area (Å²) in [5.74, 6) is 1.27. The van der Waals surface area contributed by atoms with Crippen LogP contribution in [0.5, 0.6) is 5.75 Å². The highest BCUT2D eigenvalue weighted by Gasteiger charge is 2.29. The van der Waals surface area contributed by atoms with Gasteiger partial charge in [0, 0.05) is 42.3 Å². The number of hydrogen-bond acceptors (Lipinski definition) is 5. The summed E-state index contributed by atoms with van der Waals surface area (Å²) in [7, 11) is 1.68. The number of ether oxygens (including phenoxy) is 1. The zero-order valence-electron chi connectivity index (χ0n) is 15.4. The quantitative estimate of drug-likeness (QED) is 0.713. The highest BCUT2D eigenvalue weighted by atomic mass is 16.5. The van der Waals surface area contributed by atoms with Gasteiger partial charge in [-0.15, -0.1) is 0 Å². The summed E-state index contributed by atoms with van der Waals surface area (Å²) in [5.41, 5.74) is 4.42. The molecular weight excluding hydrogens is 340 g/mol. The first-order valence-corrected chi connectivity index (χ1v) is 9.49. The molecule has 0 saturated carbocycles. The molecular formula is C21H22N4O2. The van der Waals surface area contributed by atoms with E-state index in [1.165, 1.54) is 5.69 Å². The molecule has 6 nitrogen and oxygen atoms in total. The van der Waals surface area contributed by atoms with Gasteiger partial charge in [0.1, 0.15) is 5.75 Å². The fraction of sp³-hybridized carbons (Fsp3) is 0.381. The molecule has 3 aromatic rings. The largest absolute Gasteiger partial charge is 0.497 e. The lowest BCUT2D eigenvalue weighted by Gasteiger charge is -2.41. The van der Waals surface area contributed by atoms with Crippen molar-refractivity contribution in [3.8, 4) is 5.75 Å². The van der Waals surface area contributed by atoms with Gasteiger partial charge < -0.3 is 9.64 Å². The first-order valence-electron chi connectivity index (χ1n) is 9.49. The second-order valence-corrected chi connectivity index (χ2v) is 7.47. The Morgan fingerprint density at radius 1 is 1.19 bits per heavy atom. The second kappa shape index (κ2) is 6.37. The van der Waals surface area contributed by atoms with Crippen LogP contribution in [0.25, 0.3) is 10.9 Å². The molecule has 5 rings (SSSR count). The number of hydrogen-bond donors (Lipinski definition) is 0. The lowest BCUT2D eigenvalue weighted by Crippen LogP contribution is -2.49. The number of aromatic nitrogens is 3. The molecule has 0 unspecified atom stereocenters. The third-order valence-electron chi connectivity index (χ3n) is 5.68. The van der Waals surface area contributed by atoms with E-state index in [2.05, 4.69) is 21.0 Å². The second-order valence-electron chi connectivity index (χ2n) is 7.47. The van der Waals surface area contributed by atoms with Crippen LogP contribution in [-0.4, -0.2) is 35.0 Å². The smallest absolute Gasteiger partial charge is 0.267 e. The van der Waals surface area contributed by atoms with Crippen molar-refractivity contribution in [1.29, 1.82) is 0 Å². The molecule has 27 heavy (non-hydrogen) atoms. The van der Waals surface area contributed by atoms with Gasteiger partial charge in [-0.05, 0) is 49.1 Å². The van der Waals surface area contributed by atoms with Crippen molar-refractivity contribution in [3.05, 3.63) is 58.1 Å². The minimum atomic E-state index is 0.0354. The van der Waals surface area contributed by atoms with Gasteiger partial charge in [-0.25, -0.2) is 4.68 Å². The molecule has 0 spiro atoms. The van der Waals surface area contributed by atoms with Crippen LogP contribution >= 0.6 is 0 Å². The maximum absolute atomic E-state index is 12.3. The first-order chi connectivity index (χ1) is 13.2. The van der Waals surface area contributed by atoms with Gasteiger partial charge in [0.2, 0.25) is 0 Å². The number of rotatable bonds is 4. The Labute approximate surface area is 157 Å². The molecule has 1 aliphatic carbocycles. The van der Waals surface area contributed by atoms with Crippen LogP contribution in [0.2, 0.25) is 0 Å². The van der Waals surface area contributed by atoms with E-state index in [1.54, 1.807) is 17.9 Å². The maximum Gasteiger partial charge on any atom is 0.267 e. The zero-order chi connectivity index (χ0) is 18.4. The van der Waals surface area contributed by atoms with E-state index in [0.29, 0.717) is 12.5 Å². The van der Waals surface area contributed by atoms with Crippen LogP contribution in [0.3, 0.4) is 0 Å². The number of aryl methyl sites for hydroxylation is 2. The minimum absolute atomic E-state index is 0.0354. The molecule has 3 heterocycles. The van der Waals surface area contributed by atoms with Crippen LogP contribution in [0.4, 0.5) is 5.69 Å². The summed E-state index contributed by atoms with van der Waals surface area (Å²) in [4.78, 5) is 19.1. The van der Waals surface area contributed by atoms with Crippen LogP contribution in [0.15, 0.2) is 41.3 Å². The summed E-state index contributed by atoms with van der Waals surface area (Å²) in [5, 5.41) is 5.70. The molecule has 1 saturated heterocycles. The number of fused-ring (bicyclic) bond motifs is 2. The Morgan fingerprint density at radius 2 is 2.07 bits per heavy atom. The molecule has 1 aliphatic heterocycles. The third kappa shape index (κ3) is 2.85. The molecule has 6 heteroatoms. The summed E-state index contributed by atoms with van der Waals surface area (Å²) in [6.45, 7) is 2.53. The number of benzene rings is 1. The molecule has 1 aromatic carbocycles. The number of nitrogens with zero attached hydrogens (tertiary/aromatic N) is 4. The molecule has 0 N–H and O–H groups in total. The Kier molecular flexibility index (Phi) is 3.85. The molecule has 0 bridgehead atoms. The summed E-state index contributed by atoms with van der Waals surface area (Å²) in [6.07, 6.45) is 4.96. The SMILES string of the molecule is COc1ccc2nccc(N3CC(Cn4nc5c(cc4=O)CCC5)C3)c2c1. The van der Waals surface area contributed by atoms with E-state index in [-0.39, 0.29) is 5.56 Å². The Morgan fingerprint density at radius 3 is 2.93 bits per heavy atom. The van der Waals surface area contributed by atoms with Crippen molar-refractivity contribution in [3.63, 3.8) is 0 Å². The van der Waals surface area contributed by atoms with E-state index in [0.717, 1.165) is 60.3 Å². The lowest BCUT2D eigenvalue weighted by atomic mass is 9.98. The molecule has 2 aliphatic rings. The predicted molar refractivity (Wildman–Crippen MR) is 105 cm³/mol. The van der Waals surface area contributed by atoms with E-state index in [4.69, 9.17) is 4.74 Å². The van der Waals surface area contributed by atoms with Gasteiger partial charge in [0.25, 0.3) is 5.56 Å². The van der Waals surface area contributed by atoms with Gasteiger partial charge in [-0.3, -0.25) is 9.78 Å². The summed E-state index contributed by atoms with van der Waals surface area (Å²) < 4.78 is 7.03. The topological polar surface area (TPSA) is 60.2 Å². The minimum Gasteiger partial charge on any atom is -0.497 e. The van der Waals surface area contributed by atoms with Crippen molar-refractivity contribution >= 4 is 16.6 Å². The van der Waals surface area contributed by atoms with Crippen molar-refractivity contribution in [2.45, 2.75) is 25.8 Å². The van der Waals surface area contributed by atoms with E-state index in [1.807, 2.05) is 24.4 Å². The maximum atomic E-state index is 12.3. The van der Waals surface area contributed by atoms with Gasteiger partial charge in [-0.1, -0.05) is 0 Å². The molecule has 0 atom stereocenters. The fourth-order valence-corrected chi connectivity index (χ4v) is 4.21. The molecule has 2 aromatic heterocycles. The van der Waals surface area contributed by atoms with Crippen molar-refractivity contribution in [2.24, 2.45) is 5.92 Å². The first kappa shape index (κ1) is 16.3. The van der Waals surface area contributed by atoms with Gasteiger partial charge in [0.05, 0.1) is 24.9 Å². The monoisotopic (exact) mass is 362 g/mol. The average molecular weight is 362 g/mol. The van der Waals surface area contributed by atoms with E-state index >= 15 is 0 Å². The highest BCUT2D eigenvalue weighted by Crippen LogP contribution is 2.33. The summed E-state index contributed by atoms with van der Waals surface area (Å²) >= 11 is 0. The Balaban J connectivity index is 1.34. The normalized spacial score (nSPS) is 16.4. The Bertz CT molecular complexity index is 1070. The fourth-order valence-electron chi connectivity index (χ4n) is 4.21. The highest BCUT2D eigenvalue weighted by molar-refractivity contribution is 5.92. The molecule has 0 amide bonds. The van der Waals surface area contributed by atoms with Gasteiger partial charge in [-0.2, -0.15) is 5.10 Å². The third-order valence-corrected chi connectivity index (χ3v) is 5.68. The lowest BCUT2D eigenvalue weighted by molar-refractivity contribution is 0.333. The summed E-state index contributed by atoms with van der Waals surface area (Å²) in [6, 6.07) is 9.80. The number of methoxy groups -OCH3 is 1. The van der Waals surface area contributed by atoms with E-state index < -0.39 is 0 Å². The molecule has 138 valence electrons. The van der Waals surface area contributed by atoms with Crippen LogP contribution in [0, 0.1) is 5.92 Å². The molecule has 0 radical (unpaired) electrons. The van der Waals surface area contributed by atoms with Crippen molar-refractivity contribution in [2.75, 3.05) is 25.1 Å². The van der Waals surface area contributed by atoms with E-state index in [9.17, 15) is 4.79 Å². The predicted octanol–water partition coefficient (Wildman–Crippen LogP) is 2.43. The number of anilines is 1. The zero-order valence-corrected chi connectivity index (χ0v) is 15.4. The average Bonchev–Trinajstić information content (AvgIpc) is 3.10. The van der Waals surface area contributed by atoms with Crippen LogP contribution in [0.1, 0.15) is 17.7 Å². The van der Waals surface area contributed by atoms with Crippen LogP contribution < -0.4 is 15.2 Å². The van der Waals surface area contributed by atoms with Crippen molar-refractivity contribution < 1.29 is 4.74 Å². The Hall–Kier alpha value is -2.89.